The molecule has 1 aromatic heterocycles. The molecule has 1 aromatic rings. The van der Waals surface area contributed by atoms with E-state index in [4.69, 9.17) is 0 Å². The molecule has 1 aliphatic rings. The van der Waals surface area contributed by atoms with Crippen LogP contribution in [0.1, 0.15) is 13.3 Å². The summed E-state index contributed by atoms with van der Waals surface area (Å²) in [5.41, 5.74) is 0. The third-order valence-corrected chi connectivity index (χ3v) is 4.95. The molecular weight excluding hydrogens is 228 g/mol. The Bertz CT molecular complexity index is 441. The van der Waals surface area contributed by atoms with E-state index in [9.17, 15) is 13.5 Å². The molecule has 2 atom stereocenters. The van der Waals surface area contributed by atoms with Gasteiger partial charge in [-0.25, -0.2) is 8.42 Å². The van der Waals surface area contributed by atoms with Gasteiger partial charge in [-0.2, -0.15) is 4.31 Å². The Morgan fingerprint density at radius 2 is 2.31 bits per heavy atom. The van der Waals surface area contributed by atoms with E-state index in [1.54, 1.807) is 6.20 Å². The molecule has 0 radical (unpaired) electrons. The zero-order valence-electron chi connectivity index (χ0n) is 9.13. The highest BCUT2D eigenvalue weighted by atomic mass is 32.2. The van der Waals surface area contributed by atoms with Gasteiger partial charge in [0, 0.05) is 25.5 Å². The zero-order chi connectivity index (χ0) is 11.8. The number of aromatic nitrogens is 1. The number of H-pyrrole nitrogens is 1. The van der Waals surface area contributed by atoms with Gasteiger partial charge in [0.05, 0.1) is 11.0 Å². The lowest BCUT2D eigenvalue weighted by Gasteiger charge is -2.33. The molecule has 0 aliphatic carbocycles. The average molecular weight is 244 g/mol. The van der Waals surface area contributed by atoms with Gasteiger partial charge < -0.3 is 10.1 Å². The first-order valence-electron chi connectivity index (χ1n) is 5.33. The first-order chi connectivity index (χ1) is 7.51. The van der Waals surface area contributed by atoms with Crippen LogP contribution in [0.4, 0.5) is 0 Å². The summed E-state index contributed by atoms with van der Waals surface area (Å²) in [5.74, 6) is 0.165. The molecule has 1 saturated heterocycles. The van der Waals surface area contributed by atoms with Gasteiger partial charge in [0.15, 0.2) is 0 Å². The van der Waals surface area contributed by atoms with Crippen molar-refractivity contribution in [3.63, 3.8) is 0 Å². The minimum absolute atomic E-state index is 0.165. The topological polar surface area (TPSA) is 73.4 Å². The summed E-state index contributed by atoms with van der Waals surface area (Å²) >= 11 is 0. The maximum Gasteiger partial charge on any atom is 0.244 e. The molecule has 1 aliphatic heterocycles. The van der Waals surface area contributed by atoms with Gasteiger partial charge in [-0.05, 0) is 18.4 Å². The Labute approximate surface area is 95.1 Å². The van der Waals surface area contributed by atoms with Gasteiger partial charge in [0.2, 0.25) is 10.0 Å². The van der Waals surface area contributed by atoms with Gasteiger partial charge in [-0.3, -0.25) is 0 Å². The number of sulfonamides is 1. The summed E-state index contributed by atoms with van der Waals surface area (Å²) in [4.78, 5) is 2.99. The summed E-state index contributed by atoms with van der Waals surface area (Å²) in [7, 11) is -3.43. The van der Waals surface area contributed by atoms with Crippen molar-refractivity contribution in [3.05, 3.63) is 18.5 Å². The number of nitrogens with one attached hydrogen (secondary N) is 1. The summed E-state index contributed by atoms with van der Waals surface area (Å²) in [6.45, 7) is 2.60. The number of aliphatic hydroxyl groups is 1. The second kappa shape index (κ2) is 4.20. The van der Waals surface area contributed by atoms with E-state index in [1.807, 2.05) is 6.92 Å². The van der Waals surface area contributed by atoms with Crippen molar-refractivity contribution in [1.29, 1.82) is 0 Å². The molecule has 0 aromatic carbocycles. The third-order valence-electron chi connectivity index (χ3n) is 3.09. The van der Waals surface area contributed by atoms with Crippen molar-refractivity contribution in [3.8, 4) is 0 Å². The minimum Gasteiger partial charge on any atom is -0.391 e. The Morgan fingerprint density at radius 1 is 1.56 bits per heavy atom. The second-order valence-corrected chi connectivity index (χ2v) is 6.18. The molecule has 0 spiro atoms. The zero-order valence-corrected chi connectivity index (χ0v) is 9.94. The van der Waals surface area contributed by atoms with E-state index >= 15 is 0 Å². The molecule has 2 rings (SSSR count). The summed E-state index contributed by atoms with van der Waals surface area (Å²) < 4.78 is 25.5. The van der Waals surface area contributed by atoms with E-state index in [-0.39, 0.29) is 17.4 Å². The third kappa shape index (κ3) is 2.00. The lowest BCUT2D eigenvalue weighted by Crippen LogP contribution is -2.45. The van der Waals surface area contributed by atoms with Gasteiger partial charge in [0.1, 0.15) is 0 Å². The molecule has 0 amide bonds. The lowest BCUT2D eigenvalue weighted by molar-refractivity contribution is 0.0605. The quantitative estimate of drug-likeness (QED) is 0.791. The highest BCUT2D eigenvalue weighted by Crippen LogP contribution is 2.23. The summed E-state index contributed by atoms with van der Waals surface area (Å²) in [6.07, 6.45) is 3.17. The molecule has 6 heteroatoms. The predicted molar refractivity (Wildman–Crippen MR) is 59.3 cm³/mol. The fourth-order valence-corrected chi connectivity index (χ4v) is 3.31. The molecule has 2 unspecified atom stereocenters. The van der Waals surface area contributed by atoms with E-state index in [1.165, 1.54) is 16.6 Å². The monoisotopic (exact) mass is 244 g/mol. The van der Waals surface area contributed by atoms with Crippen molar-refractivity contribution in [2.24, 2.45) is 5.92 Å². The first kappa shape index (κ1) is 11.6. The Morgan fingerprint density at radius 3 is 2.88 bits per heavy atom. The van der Waals surface area contributed by atoms with Crippen LogP contribution in [0.2, 0.25) is 0 Å². The SMILES string of the molecule is CC1CCN(S(=O)(=O)c2cc[nH]c2)CC1O. The second-order valence-electron chi connectivity index (χ2n) is 4.24. The number of aliphatic hydroxyl groups excluding tert-OH is 1. The molecule has 0 saturated carbocycles. The highest BCUT2D eigenvalue weighted by molar-refractivity contribution is 7.89. The summed E-state index contributed by atoms with van der Waals surface area (Å²) in [5, 5.41) is 9.70. The maximum absolute atomic E-state index is 12.1. The van der Waals surface area contributed by atoms with Crippen LogP contribution in [-0.4, -0.2) is 42.0 Å². The van der Waals surface area contributed by atoms with Crippen molar-refractivity contribution in [2.45, 2.75) is 24.3 Å². The van der Waals surface area contributed by atoms with Crippen LogP contribution in [0.25, 0.3) is 0 Å². The molecule has 1 fully saturated rings. The van der Waals surface area contributed by atoms with Crippen LogP contribution < -0.4 is 0 Å². The largest absolute Gasteiger partial charge is 0.391 e. The Hall–Kier alpha value is -0.850. The number of rotatable bonds is 2. The van der Waals surface area contributed by atoms with Crippen LogP contribution in [0.5, 0.6) is 0 Å². The average Bonchev–Trinajstić information content (AvgIpc) is 2.75. The highest BCUT2D eigenvalue weighted by Gasteiger charge is 2.32. The van der Waals surface area contributed by atoms with Gasteiger partial charge in [0.25, 0.3) is 0 Å². The number of piperidine rings is 1. The van der Waals surface area contributed by atoms with E-state index in [0.29, 0.717) is 13.0 Å². The Kier molecular flexibility index (Phi) is 3.05. The number of hydrogen-bond donors (Lipinski definition) is 2. The van der Waals surface area contributed by atoms with E-state index in [0.717, 1.165) is 0 Å². The molecular formula is C10H16N2O3S. The van der Waals surface area contributed by atoms with Crippen LogP contribution in [-0.2, 0) is 10.0 Å². The van der Waals surface area contributed by atoms with Crippen molar-refractivity contribution in [1.82, 2.24) is 9.29 Å². The molecule has 2 N–H and O–H groups in total. The number of hydrogen-bond acceptors (Lipinski definition) is 3. The minimum atomic E-state index is -3.43. The van der Waals surface area contributed by atoms with Gasteiger partial charge in [-0.15, -0.1) is 0 Å². The van der Waals surface area contributed by atoms with Crippen LogP contribution in [0, 0.1) is 5.92 Å². The van der Waals surface area contributed by atoms with Gasteiger partial charge in [-0.1, -0.05) is 6.92 Å². The van der Waals surface area contributed by atoms with Crippen molar-refractivity contribution >= 4 is 10.0 Å². The Balaban J connectivity index is 2.20. The fraction of sp³-hybridized carbons (Fsp3) is 0.600. The predicted octanol–water partition coefficient (Wildman–Crippen LogP) is 0.406. The van der Waals surface area contributed by atoms with Crippen LogP contribution in [0.3, 0.4) is 0 Å². The number of aromatic amines is 1. The van der Waals surface area contributed by atoms with Crippen LogP contribution >= 0.6 is 0 Å². The van der Waals surface area contributed by atoms with Crippen LogP contribution in [0.15, 0.2) is 23.4 Å². The molecule has 2 heterocycles. The first-order valence-corrected chi connectivity index (χ1v) is 6.77. The lowest BCUT2D eigenvalue weighted by atomic mass is 9.98. The normalized spacial score (nSPS) is 28.1. The fourth-order valence-electron chi connectivity index (χ4n) is 1.86. The molecule has 90 valence electrons. The van der Waals surface area contributed by atoms with E-state index < -0.39 is 16.1 Å². The molecule has 16 heavy (non-hydrogen) atoms. The van der Waals surface area contributed by atoms with E-state index in [2.05, 4.69) is 4.98 Å². The maximum atomic E-state index is 12.1. The molecule has 5 nitrogen and oxygen atoms in total. The number of nitrogens with zero attached hydrogens (tertiary/aromatic N) is 1. The number of β-amino-alcohol motifs (C(OH)–C–C–N with tert-alkyl or cyclic N) is 1. The smallest absolute Gasteiger partial charge is 0.244 e. The molecule has 0 bridgehead atoms. The van der Waals surface area contributed by atoms with Crippen molar-refractivity contribution in [2.75, 3.05) is 13.1 Å². The van der Waals surface area contributed by atoms with Gasteiger partial charge >= 0.3 is 0 Å². The standard InChI is InChI=1S/C10H16N2O3S/c1-8-3-5-12(7-10(8)13)16(14,15)9-2-4-11-6-9/h2,4,6,8,10-11,13H,3,5,7H2,1H3. The summed E-state index contributed by atoms with van der Waals surface area (Å²) in [6, 6.07) is 1.53. The van der Waals surface area contributed by atoms with Crippen molar-refractivity contribution < 1.29 is 13.5 Å².